The van der Waals surface area contributed by atoms with Crippen molar-refractivity contribution in [1.82, 2.24) is 15.0 Å². The van der Waals surface area contributed by atoms with Gasteiger partial charge in [-0.1, -0.05) is 6.92 Å². The van der Waals surface area contributed by atoms with E-state index >= 15 is 0 Å². The molecular formula is C11H16N4. The zero-order valence-corrected chi connectivity index (χ0v) is 9.20. The van der Waals surface area contributed by atoms with Crippen molar-refractivity contribution >= 4 is 16.9 Å². The second kappa shape index (κ2) is 4.29. The van der Waals surface area contributed by atoms with Gasteiger partial charge in [0.05, 0.1) is 5.39 Å². The van der Waals surface area contributed by atoms with Crippen LogP contribution >= 0.6 is 0 Å². The van der Waals surface area contributed by atoms with Gasteiger partial charge in [-0.15, -0.1) is 0 Å². The largest absolute Gasteiger partial charge is 0.356 e. The third kappa shape index (κ3) is 1.79. The highest BCUT2D eigenvalue weighted by atomic mass is 15.2. The van der Waals surface area contributed by atoms with Crippen LogP contribution in [0.5, 0.6) is 0 Å². The van der Waals surface area contributed by atoms with Crippen molar-refractivity contribution in [3.63, 3.8) is 0 Å². The molecule has 0 spiro atoms. The minimum absolute atomic E-state index is 0.912. The Morgan fingerprint density at radius 3 is 2.93 bits per heavy atom. The predicted molar refractivity (Wildman–Crippen MR) is 62.1 cm³/mol. The van der Waals surface area contributed by atoms with E-state index in [9.17, 15) is 0 Å². The molecule has 0 amide bonds. The lowest BCUT2D eigenvalue weighted by molar-refractivity contribution is 0.781. The van der Waals surface area contributed by atoms with Crippen molar-refractivity contribution < 1.29 is 0 Å². The van der Waals surface area contributed by atoms with Gasteiger partial charge in [0.1, 0.15) is 17.8 Å². The number of anilines is 1. The highest BCUT2D eigenvalue weighted by Crippen LogP contribution is 2.21. The fraction of sp³-hybridized carbons (Fsp3) is 0.455. The van der Waals surface area contributed by atoms with Crippen LogP contribution in [0.25, 0.3) is 11.0 Å². The Morgan fingerprint density at radius 1 is 1.33 bits per heavy atom. The predicted octanol–water partition coefficient (Wildman–Crippen LogP) is 2.19. The summed E-state index contributed by atoms with van der Waals surface area (Å²) in [6.07, 6.45) is 4.65. The Morgan fingerprint density at radius 2 is 2.20 bits per heavy atom. The summed E-state index contributed by atoms with van der Waals surface area (Å²) in [5.41, 5.74) is 0.912. The van der Waals surface area contributed by atoms with Crippen LogP contribution in [0.15, 0.2) is 18.6 Å². The van der Waals surface area contributed by atoms with Gasteiger partial charge in [-0.25, -0.2) is 9.97 Å². The molecule has 0 aliphatic heterocycles. The van der Waals surface area contributed by atoms with E-state index in [1.54, 1.807) is 6.33 Å². The second-order valence-corrected chi connectivity index (χ2v) is 3.52. The van der Waals surface area contributed by atoms with Crippen molar-refractivity contribution in [3.8, 4) is 0 Å². The van der Waals surface area contributed by atoms with Gasteiger partial charge in [0.2, 0.25) is 0 Å². The molecule has 4 heteroatoms. The van der Waals surface area contributed by atoms with Gasteiger partial charge < -0.3 is 9.88 Å². The molecule has 0 radical (unpaired) electrons. The van der Waals surface area contributed by atoms with Crippen LogP contribution in [0.2, 0.25) is 0 Å². The number of H-pyrrole nitrogens is 1. The third-order valence-corrected chi connectivity index (χ3v) is 2.51. The summed E-state index contributed by atoms with van der Waals surface area (Å²) in [7, 11) is 0. The van der Waals surface area contributed by atoms with Gasteiger partial charge in [0.15, 0.2) is 0 Å². The normalized spacial score (nSPS) is 10.8. The average Bonchev–Trinajstić information content (AvgIpc) is 2.73. The van der Waals surface area contributed by atoms with E-state index in [-0.39, 0.29) is 0 Å². The number of hydrogen-bond acceptors (Lipinski definition) is 3. The molecule has 0 saturated carbocycles. The number of hydrogen-bond donors (Lipinski definition) is 1. The van der Waals surface area contributed by atoms with E-state index in [1.165, 1.54) is 0 Å². The number of aromatic amines is 1. The van der Waals surface area contributed by atoms with Gasteiger partial charge in [0, 0.05) is 19.3 Å². The lowest BCUT2D eigenvalue weighted by Crippen LogP contribution is -2.24. The van der Waals surface area contributed by atoms with E-state index in [4.69, 9.17) is 0 Å². The van der Waals surface area contributed by atoms with Gasteiger partial charge >= 0.3 is 0 Å². The summed E-state index contributed by atoms with van der Waals surface area (Å²) in [4.78, 5) is 13.9. The summed E-state index contributed by atoms with van der Waals surface area (Å²) >= 11 is 0. The quantitative estimate of drug-likeness (QED) is 0.830. The van der Waals surface area contributed by atoms with E-state index in [0.717, 1.165) is 36.4 Å². The van der Waals surface area contributed by atoms with Crippen LogP contribution in [0.3, 0.4) is 0 Å². The van der Waals surface area contributed by atoms with Crippen molar-refractivity contribution in [1.29, 1.82) is 0 Å². The Hall–Kier alpha value is -1.58. The standard InChI is InChI=1S/C11H16N4/c1-3-7-15(4-2)11-9-5-6-12-10(9)13-8-14-11/h5-6,8H,3-4,7H2,1-2H3,(H,12,13,14). The van der Waals surface area contributed by atoms with Crippen molar-refractivity contribution in [2.75, 3.05) is 18.0 Å². The third-order valence-electron chi connectivity index (χ3n) is 2.51. The fourth-order valence-corrected chi connectivity index (χ4v) is 1.79. The van der Waals surface area contributed by atoms with Crippen LogP contribution in [-0.4, -0.2) is 28.0 Å². The first-order chi connectivity index (χ1) is 7.36. The van der Waals surface area contributed by atoms with Gasteiger partial charge in [0.25, 0.3) is 0 Å². The van der Waals surface area contributed by atoms with Crippen LogP contribution < -0.4 is 4.90 Å². The van der Waals surface area contributed by atoms with Crippen LogP contribution in [0, 0.1) is 0 Å². The molecular weight excluding hydrogens is 188 g/mol. The molecule has 0 aliphatic rings. The molecule has 2 aromatic heterocycles. The molecule has 80 valence electrons. The lowest BCUT2D eigenvalue weighted by atomic mass is 10.3. The molecule has 15 heavy (non-hydrogen) atoms. The monoisotopic (exact) mass is 204 g/mol. The van der Waals surface area contributed by atoms with Crippen LogP contribution in [0.1, 0.15) is 20.3 Å². The first kappa shape index (κ1) is 9.96. The fourth-order valence-electron chi connectivity index (χ4n) is 1.79. The molecule has 0 bridgehead atoms. The molecule has 0 aliphatic carbocycles. The van der Waals surface area contributed by atoms with E-state index in [2.05, 4.69) is 33.7 Å². The van der Waals surface area contributed by atoms with Crippen molar-refractivity contribution in [3.05, 3.63) is 18.6 Å². The number of nitrogens with one attached hydrogen (secondary N) is 1. The molecule has 2 aromatic rings. The van der Waals surface area contributed by atoms with E-state index in [0.29, 0.717) is 0 Å². The molecule has 0 atom stereocenters. The van der Waals surface area contributed by atoms with Crippen LogP contribution in [-0.2, 0) is 0 Å². The zero-order valence-electron chi connectivity index (χ0n) is 9.20. The summed E-state index contributed by atoms with van der Waals surface area (Å²) in [5.74, 6) is 1.03. The lowest BCUT2D eigenvalue weighted by Gasteiger charge is -2.21. The summed E-state index contributed by atoms with van der Waals surface area (Å²) < 4.78 is 0. The molecule has 4 nitrogen and oxygen atoms in total. The molecule has 0 unspecified atom stereocenters. The number of nitrogens with zero attached hydrogens (tertiary/aromatic N) is 3. The SMILES string of the molecule is CCCN(CC)c1ncnc2[nH]ccc12. The van der Waals surface area contributed by atoms with Gasteiger partial charge in [-0.3, -0.25) is 0 Å². The first-order valence-corrected chi connectivity index (χ1v) is 5.39. The number of fused-ring (bicyclic) bond motifs is 1. The Labute approximate surface area is 89.3 Å². The smallest absolute Gasteiger partial charge is 0.142 e. The van der Waals surface area contributed by atoms with Gasteiger partial charge in [-0.2, -0.15) is 0 Å². The minimum Gasteiger partial charge on any atom is -0.356 e. The Kier molecular flexibility index (Phi) is 2.85. The van der Waals surface area contributed by atoms with Crippen molar-refractivity contribution in [2.24, 2.45) is 0 Å². The first-order valence-electron chi connectivity index (χ1n) is 5.39. The minimum atomic E-state index is 0.912. The molecule has 0 aromatic carbocycles. The maximum atomic E-state index is 4.36. The average molecular weight is 204 g/mol. The molecule has 0 fully saturated rings. The van der Waals surface area contributed by atoms with Crippen molar-refractivity contribution in [2.45, 2.75) is 20.3 Å². The molecule has 0 saturated heterocycles. The summed E-state index contributed by atoms with van der Waals surface area (Å²) in [5, 5.41) is 1.10. The highest BCUT2D eigenvalue weighted by Gasteiger charge is 2.09. The topological polar surface area (TPSA) is 44.8 Å². The van der Waals surface area contributed by atoms with E-state index < -0.39 is 0 Å². The van der Waals surface area contributed by atoms with Gasteiger partial charge in [-0.05, 0) is 19.4 Å². The maximum absolute atomic E-state index is 4.36. The molecule has 2 heterocycles. The molecule has 2 rings (SSSR count). The van der Waals surface area contributed by atoms with E-state index in [1.807, 2.05) is 12.3 Å². The van der Waals surface area contributed by atoms with Crippen LogP contribution in [0.4, 0.5) is 5.82 Å². The maximum Gasteiger partial charge on any atom is 0.142 e. The summed E-state index contributed by atoms with van der Waals surface area (Å²) in [6.45, 7) is 6.34. The molecule has 1 N–H and O–H groups in total. The highest BCUT2D eigenvalue weighted by molar-refractivity contribution is 5.87. The Bertz CT molecular complexity index is 435. The number of rotatable bonds is 4. The second-order valence-electron chi connectivity index (χ2n) is 3.52. The Balaban J connectivity index is 2.44. The number of aromatic nitrogens is 3. The summed E-state index contributed by atoms with van der Waals surface area (Å²) in [6, 6.07) is 2.03. The zero-order chi connectivity index (χ0) is 10.7.